The van der Waals surface area contributed by atoms with Crippen molar-refractivity contribution in [2.75, 3.05) is 0 Å². The van der Waals surface area contributed by atoms with Gasteiger partial charge in [-0.05, 0) is 37.3 Å². The SMILES string of the molecule is O=C(C1CCCC1)C1(c2ccc(Cl)c([N+](=O)[O-])c2)CC1. The minimum absolute atomic E-state index is 0.102. The van der Waals surface area contributed by atoms with E-state index in [9.17, 15) is 14.9 Å². The van der Waals surface area contributed by atoms with Crippen LogP contribution in [0.4, 0.5) is 5.69 Å². The molecule has 0 aliphatic heterocycles. The molecular formula is C15H16ClNO3. The number of hydrogen-bond donors (Lipinski definition) is 0. The minimum atomic E-state index is -0.484. The van der Waals surface area contributed by atoms with Gasteiger partial charge in [-0.15, -0.1) is 0 Å². The minimum Gasteiger partial charge on any atom is -0.298 e. The van der Waals surface area contributed by atoms with Gasteiger partial charge in [0, 0.05) is 12.0 Å². The fraction of sp³-hybridized carbons (Fsp3) is 0.533. The topological polar surface area (TPSA) is 60.2 Å². The van der Waals surface area contributed by atoms with E-state index in [0.717, 1.165) is 44.1 Å². The highest BCUT2D eigenvalue weighted by Crippen LogP contribution is 2.53. The number of rotatable bonds is 4. The van der Waals surface area contributed by atoms with Crippen LogP contribution in [0.5, 0.6) is 0 Å². The predicted molar refractivity (Wildman–Crippen MR) is 76.0 cm³/mol. The van der Waals surface area contributed by atoms with Crippen molar-refractivity contribution >= 4 is 23.1 Å². The molecule has 3 rings (SSSR count). The molecule has 0 aromatic heterocycles. The van der Waals surface area contributed by atoms with Gasteiger partial charge in [0.05, 0.1) is 10.3 Å². The van der Waals surface area contributed by atoms with E-state index < -0.39 is 10.3 Å². The molecule has 1 aromatic rings. The molecule has 0 saturated heterocycles. The van der Waals surface area contributed by atoms with Crippen LogP contribution in [-0.4, -0.2) is 10.7 Å². The quantitative estimate of drug-likeness (QED) is 0.622. The van der Waals surface area contributed by atoms with E-state index in [1.54, 1.807) is 6.07 Å². The maximum absolute atomic E-state index is 12.7. The summed E-state index contributed by atoms with van der Waals surface area (Å²) in [5.41, 5.74) is 0.199. The molecule has 0 N–H and O–H groups in total. The molecule has 106 valence electrons. The molecule has 2 aliphatic carbocycles. The summed E-state index contributed by atoms with van der Waals surface area (Å²) < 4.78 is 0. The van der Waals surface area contributed by atoms with Crippen molar-refractivity contribution in [3.05, 3.63) is 38.9 Å². The molecule has 4 nitrogen and oxygen atoms in total. The van der Waals surface area contributed by atoms with Crippen LogP contribution in [0.1, 0.15) is 44.1 Å². The fourth-order valence-corrected chi connectivity index (χ4v) is 3.52. The molecule has 2 saturated carbocycles. The highest BCUT2D eigenvalue weighted by Gasteiger charge is 2.53. The molecule has 0 unspecified atom stereocenters. The van der Waals surface area contributed by atoms with Crippen LogP contribution in [-0.2, 0) is 10.2 Å². The summed E-state index contributed by atoms with van der Waals surface area (Å²) in [5.74, 6) is 0.429. The average molecular weight is 294 g/mol. The Kier molecular flexibility index (Phi) is 3.28. The Morgan fingerprint density at radius 1 is 1.30 bits per heavy atom. The van der Waals surface area contributed by atoms with Crippen LogP contribution in [0.25, 0.3) is 0 Å². The second kappa shape index (κ2) is 4.85. The van der Waals surface area contributed by atoms with Crippen LogP contribution >= 0.6 is 11.6 Å². The Balaban J connectivity index is 1.93. The summed E-state index contributed by atoms with van der Waals surface area (Å²) in [6.45, 7) is 0. The number of hydrogen-bond acceptors (Lipinski definition) is 3. The Labute approximate surface area is 122 Å². The van der Waals surface area contributed by atoms with Crippen LogP contribution < -0.4 is 0 Å². The number of nitro groups is 1. The largest absolute Gasteiger partial charge is 0.298 e. The first-order valence-electron chi connectivity index (χ1n) is 7.03. The zero-order valence-electron chi connectivity index (χ0n) is 11.1. The number of carbonyl (C=O) groups is 1. The summed E-state index contributed by atoms with van der Waals surface area (Å²) in [4.78, 5) is 23.2. The lowest BCUT2D eigenvalue weighted by molar-refractivity contribution is -0.384. The van der Waals surface area contributed by atoms with Crippen molar-refractivity contribution in [1.82, 2.24) is 0 Å². The third-order valence-electron chi connectivity index (χ3n) is 4.64. The second-order valence-electron chi connectivity index (χ2n) is 5.85. The number of nitrogens with zero attached hydrogens (tertiary/aromatic N) is 1. The Bertz CT molecular complexity index is 574. The molecule has 5 heteroatoms. The van der Waals surface area contributed by atoms with Crippen LogP contribution in [0.3, 0.4) is 0 Å². The van der Waals surface area contributed by atoms with E-state index in [1.165, 1.54) is 12.1 Å². The number of Topliss-reactive ketones (excluding diaryl/α,β-unsaturated/α-hetero) is 1. The van der Waals surface area contributed by atoms with Crippen molar-refractivity contribution in [1.29, 1.82) is 0 Å². The van der Waals surface area contributed by atoms with Gasteiger partial charge < -0.3 is 0 Å². The Hall–Kier alpha value is -1.42. The van der Waals surface area contributed by atoms with E-state index in [-0.39, 0.29) is 22.4 Å². The maximum atomic E-state index is 12.7. The van der Waals surface area contributed by atoms with E-state index >= 15 is 0 Å². The lowest BCUT2D eigenvalue weighted by Crippen LogP contribution is -2.26. The van der Waals surface area contributed by atoms with E-state index in [0.29, 0.717) is 0 Å². The summed E-state index contributed by atoms with van der Waals surface area (Å²) in [5, 5.41) is 11.1. The van der Waals surface area contributed by atoms with Crippen LogP contribution in [0.15, 0.2) is 18.2 Å². The van der Waals surface area contributed by atoms with Gasteiger partial charge in [-0.2, -0.15) is 0 Å². The molecule has 0 atom stereocenters. The Morgan fingerprint density at radius 3 is 2.50 bits per heavy atom. The molecule has 0 bridgehead atoms. The number of benzene rings is 1. The van der Waals surface area contributed by atoms with Gasteiger partial charge in [0.25, 0.3) is 5.69 Å². The third-order valence-corrected chi connectivity index (χ3v) is 4.96. The first-order valence-corrected chi connectivity index (χ1v) is 7.41. The van der Waals surface area contributed by atoms with Gasteiger partial charge >= 0.3 is 0 Å². The molecule has 20 heavy (non-hydrogen) atoms. The van der Waals surface area contributed by atoms with Crippen LogP contribution in [0.2, 0.25) is 5.02 Å². The van der Waals surface area contributed by atoms with Crippen molar-refractivity contribution in [3.8, 4) is 0 Å². The summed E-state index contributed by atoms with van der Waals surface area (Å²) >= 11 is 5.84. The Morgan fingerprint density at radius 2 is 1.95 bits per heavy atom. The fourth-order valence-electron chi connectivity index (χ4n) is 3.33. The lowest BCUT2D eigenvalue weighted by atomic mass is 9.83. The molecule has 0 spiro atoms. The van der Waals surface area contributed by atoms with Crippen LogP contribution in [0, 0.1) is 16.0 Å². The van der Waals surface area contributed by atoms with Crippen molar-refractivity contribution in [2.45, 2.75) is 43.9 Å². The molecule has 2 fully saturated rings. The zero-order chi connectivity index (χ0) is 14.3. The van der Waals surface area contributed by atoms with Gasteiger partial charge in [-0.25, -0.2) is 0 Å². The third kappa shape index (κ3) is 2.12. The monoisotopic (exact) mass is 293 g/mol. The molecule has 1 aromatic carbocycles. The van der Waals surface area contributed by atoms with Crippen molar-refractivity contribution in [2.24, 2.45) is 5.92 Å². The highest BCUT2D eigenvalue weighted by molar-refractivity contribution is 6.32. The smallest absolute Gasteiger partial charge is 0.288 e. The summed E-state index contributed by atoms with van der Waals surface area (Å²) in [6, 6.07) is 4.80. The summed E-state index contributed by atoms with van der Waals surface area (Å²) in [6.07, 6.45) is 5.79. The molecule has 2 aliphatic rings. The van der Waals surface area contributed by atoms with E-state index in [4.69, 9.17) is 11.6 Å². The normalized spacial score (nSPS) is 20.9. The van der Waals surface area contributed by atoms with E-state index in [1.807, 2.05) is 0 Å². The molecule has 0 radical (unpaired) electrons. The average Bonchev–Trinajstić information content (AvgIpc) is 3.05. The molecule has 0 heterocycles. The van der Waals surface area contributed by atoms with Gasteiger partial charge in [0.15, 0.2) is 0 Å². The second-order valence-corrected chi connectivity index (χ2v) is 6.26. The zero-order valence-corrected chi connectivity index (χ0v) is 11.9. The lowest BCUT2D eigenvalue weighted by Gasteiger charge is -2.18. The highest BCUT2D eigenvalue weighted by atomic mass is 35.5. The first kappa shape index (κ1) is 13.6. The van der Waals surface area contributed by atoms with Crippen molar-refractivity contribution < 1.29 is 9.72 Å². The van der Waals surface area contributed by atoms with Gasteiger partial charge in [-0.1, -0.05) is 30.5 Å². The van der Waals surface area contributed by atoms with Gasteiger partial charge in [0.1, 0.15) is 10.8 Å². The number of halogens is 1. The molecule has 0 amide bonds. The number of carbonyl (C=O) groups excluding carboxylic acids is 1. The van der Waals surface area contributed by atoms with Crippen molar-refractivity contribution in [3.63, 3.8) is 0 Å². The van der Waals surface area contributed by atoms with Gasteiger partial charge in [0.2, 0.25) is 0 Å². The van der Waals surface area contributed by atoms with E-state index in [2.05, 4.69) is 0 Å². The predicted octanol–water partition coefficient (Wildman–Crippen LogP) is 4.04. The number of ketones is 1. The summed E-state index contributed by atoms with van der Waals surface area (Å²) in [7, 11) is 0. The van der Waals surface area contributed by atoms with Gasteiger partial charge in [-0.3, -0.25) is 14.9 Å². The standard InChI is InChI=1S/C15H16ClNO3/c16-12-6-5-11(9-13(12)17(19)20)15(7-8-15)14(18)10-3-1-2-4-10/h5-6,9-10H,1-4,7-8H2. The maximum Gasteiger partial charge on any atom is 0.288 e. The molecular weight excluding hydrogens is 278 g/mol. The number of nitro benzene ring substituents is 1. The first-order chi connectivity index (χ1) is 9.54.